The maximum atomic E-state index is 14.2. The van der Waals surface area contributed by atoms with Crippen LogP contribution >= 0.6 is 0 Å². The summed E-state index contributed by atoms with van der Waals surface area (Å²) < 4.78 is 24.5. The molecule has 6 heteroatoms. The van der Waals surface area contributed by atoms with Gasteiger partial charge in [-0.25, -0.2) is 0 Å². The second kappa shape index (κ2) is 14.5. The molecule has 0 spiro atoms. The number of hydrogen-bond donors (Lipinski definition) is 0. The van der Waals surface area contributed by atoms with Gasteiger partial charge in [0.05, 0.1) is 18.8 Å². The van der Waals surface area contributed by atoms with E-state index in [4.69, 9.17) is 18.9 Å². The zero-order valence-corrected chi connectivity index (χ0v) is 23.6. The largest absolute Gasteiger partial charge is 0.353 e. The number of Topliss-reactive ketones (excluding diaryl/α,β-unsaturated/α-hetero) is 2. The molecule has 2 saturated heterocycles. The average molecular weight is 517 g/mol. The van der Waals surface area contributed by atoms with Gasteiger partial charge in [0.2, 0.25) is 0 Å². The molecule has 0 saturated carbocycles. The fourth-order valence-corrected chi connectivity index (χ4v) is 5.68. The highest BCUT2D eigenvalue weighted by atomic mass is 16.7. The first-order chi connectivity index (χ1) is 17.6. The third-order valence-electron chi connectivity index (χ3n) is 7.70. The van der Waals surface area contributed by atoms with Crippen molar-refractivity contribution in [3.8, 4) is 0 Å². The minimum absolute atomic E-state index is 0.00545. The van der Waals surface area contributed by atoms with Crippen LogP contribution in [0.15, 0.2) is 30.3 Å². The summed E-state index contributed by atoms with van der Waals surface area (Å²) in [7, 11) is 0. The summed E-state index contributed by atoms with van der Waals surface area (Å²) in [5.74, 6) is -0.558. The fraction of sp³-hybridized carbons (Fsp3) is 0.742. The lowest BCUT2D eigenvalue weighted by atomic mass is 9.77. The highest BCUT2D eigenvalue weighted by molar-refractivity contribution is 5.84. The number of rotatable bonds is 14. The van der Waals surface area contributed by atoms with Gasteiger partial charge in [-0.3, -0.25) is 4.79 Å². The molecule has 0 aliphatic carbocycles. The van der Waals surface area contributed by atoms with E-state index in [1.54, 1.807) is 6.92 Å². The Labute approximate surface area is 223 Å². The Hall–Kier alpha value is -1.60. The van der Waals surface area contributed by atoms with E-state index in [-0.39, 0.29) is 47.8 Å². The standard InChI is InChI=1S/C31H48O6/c1-22(12-11-13-24(3)32)30(36-28-16-9-10-18-34-28)27(21-25-14-7-6-8-15-25)29(33)23(2)20-26-17-19-35-31(4,5)37-26/h6-8,14-15,22-23,26-28,30H,9-13,16-21H2,1-5H3/t22-,23?,26-,27?,28?,30-/m0/s1. The first kappa shape index (κ1) is 29.9. The van der Waals surface area contributed by atoms with Crippen LogP contribution < -0.4 is 0 Å². The number of hydrogen-bond acceptors (Lipinski definition) is 6. The molecular formula is C31H48O6. The van der Waals surface area contributed by atoms with Crippen molar-refractivity contribution in [2.45, 2.75) is 117 Å². The molecule has 6 atom stereocenters. The third kappa shape index (κ3) is 9.90. The molecule has 208 valence electrons. The second-order valence-corrected chi connectivity index (χ2v) is 11.6. The Bertz CT molecular complexity index is 831. The van der Waals surface area contributed by atoms with Gasteiger partial charge in [0, 0.05) is 24.9 Å². The fourth-order valence-electron chi connectivity index (χ4n) is 5.68. The van der Waals surface area contributed by atoms with Crippen LogP contribution in [0.3, 0.4) is 0 Å². The zero-order valence-electron chi connectivity index (χ0n) is 23.6. The molecule has 0 bridgehead atoms. The van der Waals surface area contributed by atoms with E-state index in [2.05, 4.69) is 19.1 Å². The molecule has 1 aromatic carbocycles. The van der Waals surface area contributed by atoms with E-state index in [9.17, 15) is 9.59 Å². The predicted molar refractivity (Wildman–Crippen MR) is 144 cm³/mol. The Kier molecular flexibility index (Phi) is 11.8. The summed E-state index contributed by atoms with van der Waals surface area (Å²) in [5.41, 5.74) is 1.13. The van der Waals surface area contributed by atoms with Crippen molar-refractivity contribution >= 4 is 11.6 Å². The summed E-state index contributed by atoms with van der Waals surface area (Å²) in [6.07, 6.45) is 6.68. The SMILES string of the molecule is CC(=O)CCC[C@H](C)[C@H](OC1CCCCO1)C(Cc1ccccc1)C(=O)C(C)C[C@@H]1CCOC(C)(C)O1. The quantitative estimate of drug-likeness (QED) is 0.289. The summed E-state index contributed by atoms with van der Waals surface area (Å²) >= 11 is 0. The molecule has 2 fully saturated rings. The van der Waals surface area contributed by atoms with Crippen LogP contribution in [0, 0.1) is 17.8 Å². The minimum Gasteiger partial charge on any atom is -0.353 e. The lowest BCUT2D eigenvalue weighted by Crippen LogP contribution is -2.44. The molecule has 0 amide bonds. The van der Waals surface area contributed by atoms with Crippen LogP contribution in [0.1, 0.15) is 91.5 Å². The molecular weight excluding hydrogens is 468 g/mol. The predicted octanol–water partition coefficient (Wildman–Crippen LogP) is 6.29. The minimum atomic E-state index is -0.621. The van der Waals surface area contributed by atoms with Gasteiger partial charge in [-0.15, -0.1) is 0 Å². The van der Waals surface area contributed by atoms with E-state index in [1.165, 1.54) is 0 Å². The average Bonchev–Trinajstić information content (AvgIpc) is 2.86. The Balaban J connectivity index is 1.82. The van der Waals surface area contributed by atoms with Crippen LogP contribution in [-0.4, -0.2) is 49.1 Å². The molecule has 3 unspecified atom stereocenters. The summed E-state index contributed by atoms with van der Waals surface area (Å²) in [6.45, 7) is 11.0. The maximum Gasteiger partial charge on any atom is 0.163 e. The van der Waals surface area contributed by atoms with E-state index in [0.717, 1.165) is 44.1 Å². The molecule has 2 aliphatic heterocycles. The van der Waals surface area contributed by atoms with Gasteiger partial charge in [0.15, 0.2) is 12.1 Å². The smallest absolute Gasteiger partial charge is 0.163 e. The lowest BCUT2D eigenvalue weighted by Gasteiger charge is -2.38. The van der Waals surface area contributed by atoms with Crippen molar-refractivity contribution in [2.24, 2.45) is 17.8 Å². The molecule has 0 aromatic heterocycles. The molecule has 3 rings (SSSR count). The molecule has 1 aromatic rings. The monoisotopic (exact) mass is 516 g/mol. The van der Waals surface area contributed by atoms with Crippen LogP contribution in [0.2, 0.25) is 0 Å². The van der Waals surface area contributed by atoms with Crippen LogP contribution in [-0.2, 0) is 35.0 Å². The Morgan fingerprint density at radius 3 is 2.49 bits per heavy atom. The van der Waals surface area contributed by atoms with Gasteiger partial charge < -0.3 is 23.7 Å². The summed E-state index contributed by atoms with van der Waals surface area (Å²) in [5, 5.41) is 0. The Morgan fingerprint density at radius 2 is 1.84 bits per heavy atom. The maximum absolute atomic E-state index is 14.2. The second-order valence-electron chi connectivity index (χ2n) is 11.6. The van der Waals surface area contributed by atoms with E-state index in [1.807, 2.05) is 39.0 Å². The van der Waals surface area contributed by atoms with Crippen molar-refractivity contribution in [1.29, 1.82) is 0 Å². The number of carbonyl (C=O) groups is 2. The van der Waals surface area contributed by atoms with Gasteiger partial charge in [-0.2, -0.15) is 0 Å². The van der Waals surface area contributed by atoms with Gasteiger partial charge in [-0.1, -0.05) is 44.2 Å². The van der Waals surface area contributed by atoms with Crippen LogP contribution in [0.5, 0.6) is 0 Å². The van der Waals surface area contributed by atoms with Gasteiger partial charge in [0.25, 0.3) is 0 Å². The molecule has 2 aliphatic rings. The number of ether oxygens (including phenoxy) is 4. The first-order valence-electron chi connectivity index (χ1n) is 14.3. The van der Waals surface area contributed by atoms with Gasteiger partial charge >= 0.3 is 0 Å². The van der Waals surface area contributed by atoms with Gasteiger partial charge in [0.1, 0.15) is 11.6 Å². The van der Waals surface area contributed by atoms with Crippen molar-refractivity contribution in [3.05, 3.63) is 35.9 Å². The lowest BCUT2D eigenvalue weighted by molar-refractivity contribution is -0.275. The summed E-state index contributed by atoms with van der Waals surface area (Å²) in [4.78, 5) is 25.8. The first-order valence-corrected chi connectivity index (χ1v) is 14.3. The number of carbonyl (C=O) groups excluding carboxylic acids is 2. The molecule has 0 radical (unpaired) electrons. The number of ketones is 2. The van der Waals surface area contributed by atoms with Gasteiger partial charge in [-0.05, 0) is 83.6 Å². The van der Waals surface area contributed by atoms with E-state index < -0.39 is 5.79 Å². The normalized spacial score (nSPS) is 25.1. The molecule has 2 heterocycles. The van der Waals surface area contributed by atoms with E-state index >= 15 is 0 Å². The summed E-state index contributed by atoms with van der Waals surface area (Å²) in [6, 6.07) is 10.2. The highest BCUT2D eigenvalue weighted by Gasteiger charge is 2.39. The van der Waals surface area contributed by atoms with Crippen molar-refractivity contribution in [1.82, 2.24) is 0 Å². The van der Waals surface area contributed by atoms with E-state index in [0.29, 0.717) is 32.5 Å². The van der Waals surface area contributed by atoms with Crippen molar-refractivity contribution < 1.29 is 28.5 Å². The van der Waals surface area contributed by atoms with Crippen molar-refractivity contribution in [3.63, 3.8) is 0 Å². The molecule has 37 heavy (non-hydrogen) atoms. The topological polar surface area (TPSA) is 71.1 Å². The van der Waals surface area contributed by atoms with Crippen molar-refractivity contribution in [2.75, 3.05) is 13.2 Å². The Morgan fingerprint density at radius 1 is 1.08 bits per heavy atom. The third-order valence-corrected chi connectivity index (χ3v) is 7.70. The van der Waals surface area contributed by atoms with Crippen LogP contribution in [0.25, 0.3) is 0 Å². The molecule has 0 N–H and O–H groups in total. The number of benzene rings is 1. The zero-order chi connectivity index (χ0) is 26.8. The molecule has 6 nitrogen and oxygen atoms in total. The van der Waals surface area contributed by atoms with Crippen LogP contribution in [0.4, 0.5) is 0 Å². The highest BCUT2D eigenvalue weighted by Crippen LogP contribution is 2.33.